The maximum absolute atomic E-state index is 12.2. The van der Waals surface area contributed by atoms with Crippen LogP contribution in [-0.2, 0) is 16.1 Å². The number of ether oxygens (including phenoxy) is 2. The smallest absolute Gasteiger partial charge is 0.323 e. The van der Waals surface area contributed by atoms with E-state index in [-0.39, 0.29) is 12.0 Å². The molecule has 1 aliphatic heterocycles. The number of aryl methyl sites for hydroxylation is 2. The average Bonchev–Trinajstić information content (AvgIpc) is 2.51. The van der Waals surface area contributed by atoms with Crippen molar-refractivity contribution in [2.75, 3.05) is 20.3 Å². The molecule has 2 rings (SSSR count). The molecule has 1 aromatic rings. The summed E-state index contributed by atoms with van der Waals surface area (Å²) < 4.78 is 10.6. The van der Waals surface area contributed by atoms with Crippen LogP contribution in [0.1, 0.15) is 42.9 Å². The van der Waals surface area contributed by atoms with Gasteiger partial charge in [0.15, 0.2) is 0 Å². The van der Waals surface area contributed by atoms with Crippen molar-refractivity contribution in [1.29, 1.82) is 0 Å². The summed E-state index contributed by atoms with van der Waals surface area (Å²) in [6, 6.07) is 4.15. The lowest BCUT2D eigenvalue weighted by Crippen LogP contribution is -2.45. The molecule has 0 unspecified atom stereocenters. The lowest BCUT2D eigenvalue weighted by Gasteiger charge is -2.34. The number of hydrogen-bond acceptors (Lipinski definition) is 4. The van der Waals surface area contributed by atoms with E-state index in [2.05, 4.69) is 30.9 Å². The number of esters is 1. The Balaban J connectivity index is 2.16. The van der Waals surface area contributed by atoms with Crippen LogP contribution in [-0.4, -0.2) is 37.2 Å². The molecule has 1 aliphatic rings. The summed E-state index contributed by atoms with van der Waals surface area (Å²) in [4.78, 5) is 14.4. The highest BCUT2D eigenvalue weighted by Crippen LogP contribution is 2.26. The number of rotatable bonds is 5. The minimum atomic E-state index is -0.101. The zero-order chi connectivity index (χ0) is 16.1. The van der Waals surface area contributed by atoms with Crippen LogP contribution in [0.4, 0.5) is 0 Å². The van der Waals surface area contributed by atoms with Crippen LogP contribution in [0.25, 0.3) is 0 Å². The van der Waals surface area contributed by atoms with Gasteiger partial charge in [-0.25, -0.2) is 0 Å². The Labute approximate surface area is 133 Å². The number of nitrogens with zero attached hydrogens (tertiary/aromatic N) is 1. The average molecular weight is 305 g/mol. The van der Waals surface area contributed by atoms with Crippen molar-refractivity contribution in [2.24, 2.45) is 0 Å². The van der Waals surface area contributed by atoms with E-state index >= 15 is 0 Å². The molecule has 4 nitrogen and oxygen atoms in total. The second kappa shape index (κ2) is 7.63. The normalized spacial score (nSPS) is 19.0. The molecule has 4 heteroatoms. The van der Waals surface area contributed by atoms with Crippen LogP contribution in [0.2, 0.25) is 0 Å². The number of carbonyl (C=O) groups excluding carboxylic acids is 1. The number of hydrogen-bond donors (Lipinski definition) is 0. The fourth-order valence-electron chi connectivity index (χ4n) is 3.14. The highest BCUT2D eigenvalue weighted by atomic mass is 16.5. The Morgan fingerprint density at radius 1 is 1.27 bits per heavy atom. The number of likely N-dealkylation sites (tertiary alicyclic amines) is 1. The van der Waals surface area contributed by atoms with E-state index in [0.29, 0.717) is 6.61 Å². The second-order valence-electron chi connectivity index (χ2n) is 5.98. The molecular weight excluding hydrogens is 278 g/mol. The zero-order valence-electron chi connectivity index (χ0n) is 14.1. The summed E-state index contributed by atoms with van der Waals surface area (Å²) in [7, 11) is 1.70. The van der Waals surface area contributed by atoms with Crippen molar-refractivity contribution >= 4 is 5.97 Å². The van der Waals surface area contributed by atoms with Crippen LogP contribution in [0.5, 0.6) is 5.75 Å². The summed E-state index contributed by atoms with van der Waals surface area (Å²) in [6.45, 7) is 8.21. The van der Waals surface area contributed by atoms with Gasteiger partial charge in [-0.2, -0.15) is 0 Å². The predicted octanol–water partition coefficient (Wildman–Crippen LogP) is 3.23. The Bertz CT molecular complexity index is 527. The van der Waals surface area contributed by atoms with E-state index in [4.69, 9.17) is 9.47 Å². The highest BCUT2D eigenvalue weighted by molar-refractivity contribution is 5.75. The lowest BCUT2D eigenvalue weighted by atomic mass is 9.99. The number of carbonyl (C=O) groups is 1. The summed E-state index contributed by atoms with van der Waals surface area (Å²) in [6.07, 6.45) is 3.14. The standard InChI is InChI=1S/C18H27NO3/c1-5-22-18(20)16-8-6-7-9-19(16)12-15-10-14(3)17(21-4)11-13(15)2/h10-11,16H,5-9,12H2,1-4H3/t16-/m0/s1. The van der Waals surface area contributed by atoms with Crippen molar-refractivity contribution in [3.63, 3.8) is 0 Å². The minimum Gasteiger partial charge on any atom is -0.496 e. The van der Waals surface area contributed by atoms with Crippen molar-refractivity contribution < 1.29 is 14.3 Å². The van der Waals surface area contributed by atoms with Gasteiger partial charge < -0.3 is 9.47 Å². The van der Waals surface area contributed by atoms with Gasteiger partial charge in [-0.05, 0) is 62.9 Å². The van der Waals surface area contributed by atoms with Crippen molar-refractivity contribution in [2.45, 2.75) is 52.6 Å². The molecule has 0 amide bonds. The summed E-state index contributed by atoms with van der Waals surface area (Å²) in [5.74, 6) is 0.840. The molecule has 22 heavy (non-hydrogen) atoms. The largest absolute Gasteiger partial charge is 0.496 e. The maximum Gasteiger partial charge on any atom is 0.323 e. The van der Waals surface area contributed by atoms with Crippen LogP contribution >= 0.6 is 0 Å². The predicted molar refractivity (Wildman–Crippen MR) is 87.2 cm³/mol. The summed E-state index contributed by atoms with van der Waals surface area (Å²) in [5.41, 5.74) is 3.60. The lowest BCUT2D eigenvalue weighted by molar-refractivity contribution is -0.151. The van der Waals surface area contributed by atoms with Crippen molar-refractivity contribution in [3.05, 3.63) is 28.8 Å². The van der Waals surface area contributed by atoms with Gasteiger partial charge in [0.2, 0.25) is 0 Å². The first-order chi connectivity index (χ1) is 10.6. The van der Waals surface area contributed by atoms with Gasteiger partial charge in [0.1, 0.15) is 11.8 Å². The van der Waals surface area contributed by atoms with Crippen LogP contribution in [0.15, 0.2) is 12.1 Å². The topological polar surface area (TPSA) is 38.8 Å². The molecule has 0 aliphatic carbocycles. The molecule has 1 heterocycles. The second-order valence-corrected chi connectivity index (χ2v) is 5.98. The fraction of sp³-hybridized carbons (Fsp3) is 0.611. The molecule has 0 aromatic heterocycles. The van der Waals surface area contributed by atoms with Gasteiger partial charge >= 0.3 is 5.97 Å². The zero-order valence-corrected chi connectivity index (χ0v) is 14.1. The molecule has 122 valence electrons. The first-order valence-corrected chi connectivity index (χ1v) is 8.11. The summed E-state index contributed by atoms with van der Waals surface area (Å²) >= 11 is 0. The van der Waals surface area contributed by atoms with Gasteiger partial charge in [0.05, 0.1) is 13.7 Å². The van der Waals surface area contributed by atoms with Gasteiger partial charge in [0.25, 0.3) is 0 Å². The van der Waals surface area contributed by atoms with Crippen molar-refractivity contribution in [3.8, 4) is 5.75 Å². The SMILES string of the molecule is CCOC(=O)[C@@H]1CCCCN1Cc1cc(C)c(OC)cc1C. The molecular formula is C18H27NO3. The molecule has 0 saturated carbocycles. The molecule has 0 N–H and O–H groups in total. The van der Waals surface area contributed by atoms with E-state index in [0.717, 1.165) is 43.7 Å². The maximum atomic E-state index is 12.2. The Kier molecular flexibility index (Phi) is 5.83. The molecule has 0 radical (unpaired) electrons. The quantitative estimate of drug-likeness (QED) is 0.783. The van der Waals surface area contributed by atoms with E-state index < -0.39 is 0 Å². The Morgan fingerprint density at radius 3 is 2.73 bits per heavy atom. The van der Waals surface area contributed by atoms with Gasteiger partial charge in [-0.15, -0.1) is 0 Å². The van der Waals surface area contributed by atoms with Crippen LogP contribution in [0.3, 0.4) is 0 Å². The summed E-state index contributed by atoms with van der Waals surface area (Å²) in [5, 5.41) is 0. The van der Waals surface area contributed by atoms with Crippen molar-refractivity contribution in [1.82, 2.24) is 4.90 Å². The fourth-order valence-corrected chi connectivity index (χ4v) is 3.14. The Hall–Kier alpha value is -1.55. The molecule has 1 saturated heterocycles. The third kappa shape index (κ3) is 3.80. The minimum absolute atomic E-state index is 0.0786. The third-order valence-electron chi connectivity index (χ3n) is 4.40. The monoisotopic (exact) mass is 305 g/mol. The van der Waals surface area contributed by atoms with Gasteiger partial charge in [-0.3, -0.25) is 9.69 Å². The van der Waals surface area contributed by atoms with E-state index in [1.54, 1.807) is 7.11 Å². The molecule has 1 atom stereocenters. The van der Waals surface area contributed by atoms with E-state index in [1.807, 2.05) is 6.92 Å². The number of benzene rings is 1. The van der Waals surface area contributed by atoms with E-state index in [9.17, 15) is 4.79 Å². The first-order valence-electron chi connectivity index (χ1n) is 8.11. The third-order valence-corrected chi connectivity index (χ3v) is 4.40. The highest BCUT2D eigenvalue weighted by Gasteiger charge is 2.30. The van der Waals surface area contributed by atoms with Crippen LogP contribution < -0.4 is 4.74 Å². The molecule has 1 fully saturated rings. The van der Waals surface area contributed by atoms with E-state index in [1.165, 1.54) is 11.1 Å². The van der Waals surface area contributed by atoms with Gasteiger partial charge in [-0.1, -0.05) is 12.5 Å². The van der Waals surface area contributed by atoms with Gasteiger partial charge in [0, 0.05) is 6.54 Å². The van der Waals surface area contributed by atoms with Crippen LogP contribution in [0, 0.1) is 13.8 Å². The molecule has 0 spiro atoms. The number of methoxy groups -OCH3 is 1. The Morgan fingerprint density at radius 2 is 2.05 bits per heavy atom. The molecule has 1 aromatic carbocycles. The number of piperidine rings is 1. The molecule has 0 bridgehead atoms. The first kappa shape index (κ1) is 16.8.